The summed E-state index contributed by atoms with van der Waals surface area (Å²) in [6.07, 6.45) is 7.04. The van der Waals surface area contributed by atoms with E-state index in [4.69, 9.17) is 21.4 Å². The van der Waals surface area contributed by atoms with E-state index in [0.29, 0.717) is 0 Å². The number of carbonyl (C=O) groups is 1. The molecule has 1 aliphatic carbocycles. The van der Waals surface area contributed by atoms with Crippen LogP contribution in [0.5, 0.6) is 0 Å². The molecule has 2 aromatic rings. The van der Waals surface area contributed by atoms with Gasteiger partial charge in [0, 0.05) is 11.6 Å². The molecule has 0 amide bonds. The average molecular weight is 344 g/mol. The molecule has 1 aromatic heterocycles. The minimum Gasteiger partial charge on any atom is -0.476 e. The number of pyridine rings is 1. The van der Waals surface area contributed by atoms with Gasteiger partial charge in [0.05, 0.1) is 5.52 Å². The lowest BCUT2D eigenvalue weighted by Crippen LogP contribution is -2.32. The van der Waals surface area contributed by atoms with E-state index < -0.39 is 5.97 Å². The monoisotopic (exact) mass is 344 g/mol. The number of carboxylic acids is 1. The minimum absolute atomic E-state index is 0.0152. The topological polar surface area (TPSA) is 123 Å². The normalized spacial score (nSPS) is 15.6. The largest absolute Gasteiger partial charge is 0.476 e. The van der Waals surface area contributed by atoms with Crippen molar-refractivity contribution in [2.24, 2.45) is 11.6 Å². The molecule has 0 aliphatic heterocycles. The predicted molar refractivity (Wildman–Crippen MR) is 95.9 cm³/mol. The van der Waals surface area contributed by atoms with Gasteiger partial charge < -0.3 is 21.0 Å². The summed E-state index contributed by atoms with van der Waals surface area (Å²) in [6.45, 7) is 0. The molecule has 0 atom stereocenters. The first-order chi connectivity index (χ1) is 12.1. The lowest BCUT2D eigenvalue weighted by Gasteiger charge is -2.23. The molecule has 0 bridgehead atoms. The number of hydrazine groups is 1. The first kappa shape index (κ1) is 18.5. The summed E-state index contributed by atoms with van der Waals surface area (Å²) < 4.78 is 5.34. The van der Waals surface area contributed by atoms with Crippen LogP contribution in [0.1, 0.15) is 32.1 Å². The second-order valence-electron chi connectivity index (χ2n) is 5.76. The molecular weight excluding hydrogens is 320 g/mol. The lowest BCUT2D eigenvalue weighted by molar-refractivity contribution is -0.133. The highest BCUT2D eigenvalue weighted by Gasteiger charge is 2.19. The molecule has 1 aromatic carbocycles. The Bertz CT molecular complexity index is 662. The molecule has 1 fully saturated rings. The van der Waals surface area contributed by atoms with Crippen LogP contribution >= 0.6 is 0 Å². The number of aromatic nitrogens is 1. The van der Waals surface area contributed by atoms with Crippen molar-refractivity contribution >= 4 is 16.9 Å². The molecule has 1 saturated carbocycles. The average Bonchev–Trinajstić information content (AvgIpc) is 2.63. The summed E-state index contributed by atoms with van der Waals surface area (Å²) in [6, 6.07) is 12.1. The number of hydrogen-bond donors (Lipinski definition) is 4. The number of rotatable bonds is 4. The number of aliphatic carboxylic acids is 1. The Kier molecular flexibility index (Phi) is 7.03. The molecule has 0 spiro atoms. The maximum atomic E-state index is 10.7. The van der Waals surface area contributed by atoms with E-state index in [1.807, 2.05) is 35.9 Å². The highest BCUT2D eigenvalue weighted by molar-refractivity contribution is 5.86. The SMILES string of the molecule is NN/C(C(=O)O)=C(\N)OC1CCCCC1.c1ccc2ncccc2c1. The number of carboxylic acid groups (broad SMARTS) is 1. The van der Waals surface area contributed by atoms with Crippen molar-refractivity contribution in [3.05, 3.63) is 54.2 Å². The van der Waals surface area contributed by atoms with Gasteiger partial charge >= 0.3 is 5.97 Å². The van der Waals surface area contributed by atoms with Gasteiger partial charge in [0.15, 0.2) is 5.70 Å². The summed E-state index contributed by atoms with van der Waals surface area (Å²) in [5.41, 5.74) is 8.28. The van der Waals surface area contributed by atoms with E-state index in [1.165, 1.54) is 11.8 Å². The van der Waals surface area contributed by atoms with Crippen molar-refractivity contribution in [2.75, 3.05) is 0 Å². The maximum Gasteiger partial charge on any atom is 0.358 e. The zero-order valence-electron chi connectivity index (χ0n) is 14.0. The second-order valence-corrected chi connectivity index (χ2v) is 5.76. The number of nitrogens with one attached hydrogen (secondary N) is 1. The smallest absolute Gasteiger partial charge is 0.358 e. The maximum absolute atomic E-state index is 10.7. The third kappa shape index (κ3) is 5.65. The summed E-state index contributed by atoms with van der Waals surface area (Å²) in [7, 11) is 0. The van der Waals surface area contributed by atoms with Gasteiger partial charge in [-0.05, 0) is 37.8 Å². The van der Waals surface area contributed by atoms with Crippen LogP contribution in [-0.2, 0) is 9.53 Å². The number of hydrogen-bond acceptors (Lipinski definition) is 6. The number of fused-ring (bicyclic) bond motifs is 1. The number of nitrogens with two attached hydrogens (primary N) is 2. The van der Waals surface area contributed by atoms with E-state index in [9.17, 15) is 4.79 Å². The van der Waals surface area contributed by atoms with E-state index in [1.54, 1.807) is 0 Å². The van der Waals surface area contributed by atoms with Gasteiger partial charge in [-0.3, -0.25) is 10.8 Å². The minimum atomic E-state index is -1.22. The molecule has 134 valence electrons. The third-order valence-corrected chi connectivity index (χ3v) is 3.96. The Hall–Kier alpha value is -2.80. The van der Waals surface area contributed by atoms with Crippen LogP contribution in [-0.4, -0.2) is 22.2 Å². The van der Waals surface area contributed by atoms with Crippen LogP contribution in [0.15, 0.2) is 54.2 Å². The van der Waals surface area contributed by atoms with Gasteiger partial charge in [-0.1, -0.05) is 30.7 Å². The molecule has 1 heterocycles. The zero-order chi connectivity index (χ0) is 18.1. The highest BCUT2D eigenvalue weighted by atomic mass is 16.5. The van der Waals surface area contributed by atoms with Gasteiger partial charge in [0.2, 0.25) is 5.88 Å². The summed E-state index contributed by atoms with van der Waals surface area (Å²) >= 11 is 0. The molecule has 3 rings (SSSR count). The number of nitrogens with zero attached hydrogens (tertiary/aromatic N) is 1. The first-order valence-electron chi connectivity index (χ1n) is 8.28. The van der Waals surface area contributed by atoms with E-state index in [-0.39, 0.29) is 17.7 Å². The first-order valence-corrected chi connectivity index (χ1v) is 8.28. The molecule has 7 nitrogen and oxygen atoms in total. The van der Waals surface area contributed by atoms with E-state index in [2.05, 4.69) is 17.1 Å². The van der Waals surface area contributed by atoms with Crippen molar-refractivity contribution in [1.82, 2.24) is 10.4 Å². The lowest BCUT2D eigenvalue weighted by atomic mass is 9.98. The summed E-state index contributed by atoms with van der Waals surface area (Å²) in [5, 5.41) is 9.91. The molecule has 0 unspecified atom stereocenters. The molecule has 25 heavy (non-hydrogen) atoms. The molecular formula is C18H24N4O3. The second kappa shape index (κ2) is 9.48. The quantitative estimate of drug-likeness (QED) is 0.290. The van der Waals surface area contributed by atoms with Crippen molar-refractivity contribution in [3.63, 3.8) is 0 Å². The third-order valence-electron chi connectivity index (χ3n) is 3.96. The molecule has 0 saturated heterocycles. The van der Waals surface area contributed by atoms with Gasteiger partial charge in [-0.15, -0.1) is 0 Å². The van der Waals surface area contributed by atoms with E-state index in [0.717, 1.165) is 31.2 Å². The molecule has 1 aliphatic rings. The Morgan fingerprint density at radius 1 is 1.16 bits per heavy atom. The highest BCUT2D eigenvalue weighted by Crippen LogP contribution is 2.21. The fourth-order valence-electron chi connectivity index (χ4n) is 2.68. The predicted octanol–water partition coefficient (Wildman–Crippen LogP) is 2.25. The van der Waals surface area contributed by atoms with Crippen LogP contribution in [0, 0.1) is 0 Å². The van der Waals surface area contributed by atoms with Crippen LogP contribution in [0.3, 0.4) is 0 Å². The Labute approximate surface area is 146 Å². The van der Waals surface area contributed by atoms with Crippen LogP contribution in [0.4, 0.5) is 0 Å². The van der Waals surface area contributed by atoms with Crippen molar-refractivity contribution in [1.29, 1.82) is 0 Å². The number of ether oxygens (including phenoxy) is 1. The van der Waals surface area contributed by atoms with Crippen LogP contribution in [0.2, 0.25) is 0 Å². The van der Waals surface area contributed by atoms with Gasteiger partial charge in [-0.25, -0.2) is 4.79 Å². The van der Waals surface area contributed by atoms with Crippen molar-refractivity contribution < 1.29 is 14.6 Å². The van der Waals surface area contributed by atoms with Gasteiger partial charge in [0.25, 0.3) is 0 Å². The number of para-hydroxylation sites is 1. The molecule has 6 N–H and O–H groups in total. The number of benzene rings is 1. The fourth-order valence-corrected chi connectivity index (χ4v) is 2.68. The molecule has 7 heteroatoms. The Balaban J connectivity index is 0.000000194. The van der Waals surface area contributed by atoms with Gasteiger partial charge in [0.1, 0.15) is 6.10 Å². The zero-order valence-corrected chi connectivity index (χ0v) is 14.0. The fraction of sp³-hybridized carbons (Fsp3) is 0.333. The summed E-state index contributed by atoms with van der Waals surface area (Å²) in [5.74, 6) is 3.67. The van der Waals surface area contributed by atoms with Crippen LogP contribution in [0.25, 0.3) is 10.9 Å². The Morgan fingerprint density at radius 2 is 1.84 bits per heavy atom. The standard InChI is InChI=1S/C9H17N3O3.C9H7N/c10-8(7(12-11)9(13)14)15-6-4-2-1-3-5-6;1-2-6-9-8(4-1)5-3-7-10-9/h6,12H,1-5,10-11H2,(H,13,14);1-7H/b8-7+;. The Morgan fingerprint density at radius 3 is 2.48 bits per heavy atom. The van der Waals surface area contributed by atoms with Crippen LogP contribution < -0.4 is 17.0 Å². The van der Waals surface area contributed by atoms with Crippen molar-refractivity contribution in [2.45, 2.75) is 38.2 Å². The molecule has 0 radical (unpaired) electrons. The van der Waals surface area contributed by atoms with E-state index >= 15 is 0 Å². The van der Waals surface area contributed by atoms with Crippen molar-refractivity contribution in [3.8, 4) is 0 Å². The summed E-state index contributed by atoms with van der Waals surface area (Å²) in [4.78, 5) is 14.8. The van der Waals surface area contributed by atoms with Gasteiger partial charge in [-0.2, -0.15) is 0 Å².